The van der Waals surface area contributed by atoms with E-state index in [-0.39, 0.29) is 0 Å². The maximum Gasteiger partial charge on any atom is 0.136 e. The highest BCUT2D eigenvalue weighted by Crippen LogP contribution is 2.27. The Kier molecular flexibility index (Phi) is 4.43. The van der Waals surface area contributed by atoms with E-state index in [4.69, 9.17) is 4.98 Å². The van der Waals surface area contributed by atoms with Crippen molar-refractivity contribution in [2.75, 3.05) is 36.5 Å². The normalized spacial score (nSPS) is 16.4. The maximum atomic E-state index is 4.91. The summed E-state index contributed by atoms with van der Waals surface area (Å²) in [7, 11) is 1.97. The molecule has 0 spiro atoms. The Hall–Kier alpha value is -1.26. The minimum atomic E-state index is 0.820. The third-order valence-electron chi connectivity index (χ3n) is 3.65. The van der Waals surface area contributed by atoms with E-state index in [1.165, 1.54) is 28.7 Å². The summed E-state index contributed by atoms with van der Waals surface area (Å²) >= 11 is 2.05. The molecule has 1 aliphatic heterocycles. The first-order valence-electron chi connectivity index (χ1n) is 7.24. The van der Waals surface area contributed by atoms with Gasteiger partial charge in [0.05, 0.1) is 5.69 Å². The zero-order chi connectivity index (χ0) is 13.8. The Labute approximate surface area is 124 Å². The van der Waals surface area contributed by atoms with Gasteiger partial charge < -0.3 is 10.2 Å². The van der Waals surface area contributed by atoms with Gasteiger partial charge in [0.2, 0.25) is 0 Å². The molecule has 2 heterocycles. The Morgan fingerprint density at radius 3 is 3.05 bits per heavy atom. The third kappa shape index (κ3) is 2.91. The molecule has 3 rings (SSSR count). The molecule has 2 aromatic rings. The minimum Gasteiger partial charge on any atom is -0.355 e. The molecule has 0 saturated carbocycles. The number of benzene rings is 1. The van der Waals surface area contributed by atoms with Gasteiger partial charge >= 0.3 is 0 Å². The largest absolute Gasteiger partial charge is 0.355 e. The third-order valence-corrected chi connectivity index (χ3v) is 4.70. The summed E-state index contributed by atoms with van der Waals surface area (Å²) in [6, 6.07) is 10.8. The van der Waals surface area contributed by atoms with Crippen molar-refractivity contribution in [3.05, 3.63) is 36.0 Å². The smallest absolute Gasteiger partial charge is 0.136 e. The standard InChI is InChI=1S/C16H21N3S/c1-17-12-14-11-13-5-2-3-6-15(13)16(18-14)19-7-4-9-20-10-8-19/h2-3,5-6,11,17H,4,7-10,12H2,1H3. The van der Waals surface area contributed by atoms with Crippen LogP contribution in [0.2, 0.25) is 0 Å². The highest BCUT2D eigenvalue weighted by molar-refractivity contribution is 7.99. The zero-order valence-electron chi connectivity index (χ0n) is 11.9. The predicted octanol–water partition coefficient (Wildman–Crippen LogP) is 2.90. The number of thioether (sulfide) groups is 1. The fourth-order valence-electron chi connectivity index (χ4n) is 2.71. The minimum absolute atomic E-state index is 0.820. The Bertz CT molecular complexity index is 577. The van der Waals surface area contributed by atoms with Crippen LogP contribution in [0.1, 0.15) is 12.1 Å². The highest BCUT2D eigenvalue weighted by Gasteiger charge is 2.15. The van der Waals surface area contributed by atoms with E-state index in [0.717, 1.165) is 31.1 Å². The van der Waals surface area contributed by atoms with Gasteiger partial charge in [0, 0.05) is 30.8 Å². The summed E-state index contributed by atoms with van der Waals surface area (Å²) in [5.74, 6) is 3.63. The second-order valence-electron chi connectivity index (χ2n) is 5.14. The molecular weight excluding hydrogens is 266 g/mol. The number of aromatic nitrogens is 1. The lowest BCUT2D eigenvalue weighted by Crippen LogP contribution is -2.27. The van der Waals surface area contributed by atoms with Crippen LogP contribution in [0, 0.1) is 0 Å². The second kappa shape index (κ2) is 6.46. The van der Waals surface area contributed by atoms with Gasteiger partial charge in [-0.1, -0.05) is 24.3 Å². The number of hydrogen-bond acceptors (Lipinski definition) is 4. The van der Waals surface area contributed by atoms with Crippen LogP contribution in [0.25, 0.3) is 10.8 Å². The number of rotatable bonds is 3. The van der Waals surface area contributed by atoms with Crippen LogP contribution >= 0.6 is 11.8 Å². The van der Waals surface area contributed by atoms with Crippen LogP contribution in [0.4, 0.5) is 5.82 Å². The van der Waals surface area contributed by atoms with E-state index < -0.39 is 0 Å². The molecule has 0 amide bonds. The molecular formula is C16H21N3S. The van der Waals surface area contributed by atoms with Crippen molar-refractivity contribution in [3.63, 3.8) is 0 Å². The Morgan fingerprint density at radius 1 is 1.25 bits per heavy atom. The van der Waals surface area contributed by atoms with Crippen molar-refractivity contribution >= 4 is 28.4 Å². The van der Waals surface area contributed by atoms with Crippen molar-refractivity contribution in [1.82, 2.24) is 10.3 Å². The molecule has 1 aromatic carbocycles. The number of nitrogens with one attached hydrogen (secondary N) is 1. The van der Waals surface area contributed by atoms with Gasteiger partial charge in [0.1, 0.15) is 5.82 Å². The van der Waals surface area contributed by atoms with Crippen LogP contribution in [-0.4, -0.2) is 36.6 Å². The Morgan fingerprint density at radius 2 is 2.15 bits per heavy atom. The topological polar surface area (TPSA) is 28.2 Å². The fourth-order valence-corrected chi connectivity index (χ4v) is 3.59. The van der Waals surface area contributed by atoms with Crippen molar-refractivity contribution in [2.24, 2.45) is 0 Å². The molecule has 3 nitrogen and oxygen atoms in total. The SMILES string of the molecule is CNCc1cc2ccccc2c(N2CCCSCC2)n1. The van der Waals surface area contributed by atoms with Gasteiger partial charge in [-0.3, -0.25) is 0 Å². The molecule has 1 aliphatic rings. The van der Waals surface area contributed by atoms with Crippen LogP contribution in [0.15, 0.2) is 30.3 Å². The molecule has 1 aromatic heterocycles. The van der Waals surface area contributed by atoms with E-state index in [1.54, 1.807) is 0 Å². The molecule has 0 atom stereocenters. The summed E-state index contributed by atoms with van der Waals surface area (Å²) in [5.41, 5.74) is 1.12. The van der Waals surface area contributed by atoms with Gasteiger partial charge in [-0.2, -0.15) is 11.8 Å². The van der Waals surface area contributed by atoms with Gasteiger partial charge in [-0.25, -0.2) is 4.98 Å². The lowest BCUT2D eigenvalue weighted by atomic mass is 10.1. The highest BCUT2D eigenvalue weighted by atomic mass is 32.2. The van der Waals surface area contributed by atoms with E-state index in [2.05, 4.69) is 52.3 Å². The average Bonchev–Trinajstić information content (AvgIpc) is 2.76. The fraction of sp³-hybridized carbons (Fsp3) is 0.438. The molecule has 0 radical (unpaired) electrons. The van der Waals surface area contributed by atoms with E-state index in [0.29, 0.717) is 0 Å². The lowest BCUT2D eigenvalue weighted by Gasteiger charge is -2.23. The van der Waals surface area contributed by atoms with Gasteiger partial charge in [0.25, 0.3) is 0 Å². The molecule has 20 heavy (non-hydrogen) atoms. The quantitative estimate of drug-likeness (QED) is 0.939. The number of anilines is 1. The van der Waals surface area contributed by atoms with Crippen molar-refractivity contribution in [3.8, 4) is 0 Å². The molecule has 1 N–H and O–H groups in total. The van der Waals surface area contributed by atoms with Crippen molar-refractivity contribution in [1.29, 1.82) is 0 Å². The first-order chi connectivity index (χ1) is 9.88. The first-order valence-corrected chi connectivity index (χ1v) is 8.40. The van der Waals surface area contributed by atoms with Gasteiger partial charge in [-0.15, -0.1) is 0 Å². The predicted molar refractivity (Wildman–Crippen MR) is 88.7 cm³/mol. The molecule has 1 fully saturated rings. The summed E-state index contributed by atoms with van der Waals surface area (Å²) in [6.07, 6.45) is 1.25. The van der Waals surface area contributed by atoms with E-state index in [9.17, 15) is 0 Å². The molecule has 4 heteroatoms. The molecule has 1 saturated heterocycles. The van der Waals surface area contributed by atoms with Crippen LogP contribution < -0.4 is 10.2 Å². The zero-order valence-corrected chi connectivity index (χ0v) is 12.7. The Balaban J connectivity index is 2.06. The van der Waals surface area contributed by atoms with Gasteiger partial charge in [0.15, 0.2) is 0 Å². The van der Waals surface area contributed by atoms with Gasteiger partial charge in [-0.05, 0) is 30.7 Å². The summed E-state index contributed by atoms with van der Waals surface area (Å²) < 4.78 is 0. The number of pyridine rings is 1. The summed E-state index contributed by atoms with van der Waals surface area (Å²) in [5, 5.41) is 5.77. The summed E-state index contributed by atoms with van der Waals surface area (Å²) in [4.78, 5) is 7.37. The average molecular weight is 287 g/mol. The van der Waals surface area contributed by atoms with Crippen molar-refractivity contribution < 1.29 is 0 Å². The number of hydrogen-bond donors (Lipinski definition) is 1. The first kappa shape index (κ1) is 13.7. The van der Waals surface area contributed by atoms with Crippen LogP contribution in [-0.2, 0) is 6.54 Å². The monoisotopic (exact) mass is 287 g/mol. The number of nitrogens with zero attached hydrogens (tertiary/aromatic N) is 2. The number of fused-ring (bicyclic) bond motifs is 1. The second-order valence-corrected chi connectivity index (χ2v) is 6.37. The molecule has 106 valence electrons. The maximum absolute atomic E-state index is 4.91. The van der Waals surface area contributed by atoms with Crippen LogP contribution in [0.5, 0.6) is 0 Å². The van der Waals surface area contributed by atoms with Crippen LogP contribution in [0.3, 0.4) is 0 Å². The molecule has 0 bridgehead atoms. The molecule has 0 unspecified atom stereocenters. The van der Waals surface area contributed by atoms with E-state index >= 15 is 0 Å². The lowest BCUT2D eigenvalue weighted by molar-refractivity contribution is 0.771. The molecule has 0 aliphatic carbocycles. The summed E-state index contributed by atoms with van der Waals surface area (Å²) in [6.45, 7) is 3.04. The van der Waals surface area contributed by atoms with Crippen molar-refractivity contribution in [2.45, 2.75) is 13.0 Å². The van der Waals surface area contributed by atoms with E-state index in [1.807, 2.05) is 7.05 Å².